The highest BCUT2D eigenvalue weighted by molar-refractivity contribution is 5.79. The fraction of sp³-hybridized carbons (Fsp3) is 0.500. The van der Waals surface area contributed by atoms with Gasteiger partial charge in [-0.25, -0.2) is 0 Å². The fourth-order valence-corrected chi connectivity index (χ4v) is 2.36. The van der Waals surface area contributed by atoms with Crippen LogP contribution in [-0.2, 0) is 11.2 Å². The average molecular weight is 232 g/mol. The van der Waals surface area contributed by atoms with Crippen LogP contribution in [0.25, 0.3) is 0 Å². The molecule has 0 saturated carbocycles. The van der Waals surface area contributed by atoms with Gasteiger partial charge in [-0.2, -0.15) is 0 Å². The summed E-state index contributed by atoms with van der Waals surface area (Å²) in [6, 6.07) is 10.4. The molecule has 1 aromatic carbocycles. The number of piperazine rings is 1. The predicted octanol–water partition coefficient (Wildman–Crippen LogP) is 1.44. The van der Waals surface area contributed by atoms with Gasteiger partial charge < -0.3 is 5.32 Å². The van der Waals surface area contributed by atoms with Crippen LogP contribution in [0.1, 0.15) is 19.4 Å². The van der Waals surface area contributed by atoms with Crippen LogP contribution in [0, 0.1) is 0 Å². The molecule has 1 aliphatic heterocycles. The Hall–Kier alpha value is -1.35. The van der Waals surface area contributed by atoms with E-state index in [4.69, 9.17) is 0 Å². The minimum absolute atomic E-state index is 0.105. The summed E-state index contributed by atoms with van der Waals surface area (Å²) in [4.78, 5) is 13.8. The van der Waals surface area contributed by atoms with Crippen LogP contribution in [0.2, 0.25) is 0 Å². The van der Waals surface area contributed by atoms with Crippen molar-refractivity contribution >= 4 is 5.91 Å². The van der Waals surface area contributed by atoms with Crippen LogP contribution in [0.4, 0.5) is 0 Å². The first kappa shape index (κ1) is 12.1. The van der Waals surface area contributed by atoms with Crippen LogP contribution in [0.15, 0.2) is 30.3 Å². The van der Waals surface area contributed by atoms with E-state index < -0.39 is 0 Å². The highest BCUT2D eigenvalue weighted by atomic mass is 16.2. The Labute approximate surface area is 103 Å². The second kappa shape index (κ2) is 4.88. The lowest BCUT2D eigenvalue weighted by Crippen LogP contribution is -2.60. The van der Waals surface area contributed by atoms with E-state index in [-0.39, 0.29) is 11.4 Å². The first-order valence-electron chi connectivity index (χ1n) is 6.12. The van der Waals surface area contributed by atoms with Gasteiger partial charge in [0.25, 0.3) is 0 Å². The average Bonchev–Trinajstić information content (AvgIpc) is 2.25. The molecule has 0 radical (unpaired) electrons. The van der Waals surface area contributed by atoms with Crippen molar-refractivity contribution in [2.75, 3.05) is 19.6 Å². The maximum atomic E-state index is 11.5. The van der Waals surface area contributed by atoms with Crippen molar-refractivity contribution in [1.82, 2.24) is 10.2 Å². The summed E-state index contributed by atoms with van der Waals surface area (Å²) in [5.41, 5.74) is 1.22. The molecule has 3 nitrogen and oxygen atoms in total. The zero-order chi connectivity index (χ0) is 12.3. The third-order valence-corrected chi connectivity index (χ3v) is 3.02. The summed E-state index contributed by atoms with van der Waals surface area (Å²) >= 11 is 0. The molecule has 92 valence electrons. The first-order valence-corrected chi connectivity index (χ1v) is 6.12. The molecule has 0 unspecified atom stereocenters. The van der Waals surface area contributed by atoms with Crippen molar-refractivity contribution in [2.24, 2.45) is 0 Å². The number of rotatable bonds is 3. The lowest BCUT2D eigenvalue weighted by molar-refractivity contribution is -0.127. The molecular weight excluding hydrogens is 212 g/mol. The molecule has 0 aliphatic carbocycles. The molecule has 0 atom stereocenters. The maximum Gasteiger partial charge on any atom is 0.234 e. The lowest BCUT2D eigenvalue weighted by atomic mass is 10.0. The number of hydrogen-bond acceptors (Lipinski definition) is 2. The van der Waals surface area contributed by atoms with Crippen molar-refractivity contribution in [1.29, 1.82) is 0 Å². The Kier molecular flexibility index (Phi) is 3.48. The summed E-state index contributed by atoms with van der Waals surface area (Å²) in [7, 11) is 0. The second-order valence-corrected chi connectivity index (χ2v) is 5.38. The third-order valence-electron chi connectivity index (χ3n) is 3.02. The Morgan fingerprint density at radius 1 is 1.29 bits per heavy atom. The molecular formula is C14H20N2O. The molecule has 1 saturated heterocycles. The van der Waals surface area contributed by atoms with Gasteiger partial charge >= 0.3 is 0 Å². The van der Waals surface area contributed by atoms with E-state index >= 15 is 0 Å². The molecule has 1 heterocycles. The summed E-state index contributed by atoms with van der Waals surface area (Å²) < 4.78 is 0. The molecule has 0 bridgehead atoms. The molecule has 0 spiro atoms. The second-order valence-electron chi connectivity index (χ2n) is 5.38. The molecule has 3 heteroatoms. The minimum atomic E-state index is -0.105. The van der Waals surface area contributed by atoms with Gasteiger partial charge in [0, 0.05) is 18.6 Å². The zero-order valence-electron chi connectivity index (χ0n) is 10.6. The van der Waals surface area contributed by atoms with Crippen LogP contribution in [0.3, 0.4) is 0 Å². The van der Waals surface area contributed by atoms with Crippen molar-refractivity contribution in [3.05, 3.63) is 35.9 Å². The van der Waals surface area contributed by atoms with Gasteiger partial charge in [0.1, 0.15) is 0 Å². The maximum absolute atomic E-state index is 11.5. The van der Waals surface area contributed by atoms with Gasteiger partial charge in [-0.3, -0.25) is 9.69 Å². The van der Waals surface area contributed by atoms with E-state index in [0.717, 1.165) is 19.5 Å². The van der Waals surface area contributed by atoms with Crippen molar-refractivity contribution in [3.8, 4) is 0 Å². The van der Waals surface area contributed by atoms with Crippen LogP contribution >= 0.6 is 0 Å². The molecule has 1 N–H and O–H groups in total. The van der Waals surface area contributed by atoms with Gasteiger partial charge in [0.15, 0.2) is 0 Å². The van der Waals surface area contributed by atoms with Crippen LogP contribution < -0.4 is 5.32 Å². The molecule has 0 aromatic heterocycles. The molecule has 1 amide bonds. The van der Waals surface area contributed by atoms with E-state index in [2.05, 4.69) is 48.3 Å². The molecule has 1 aliphatic rings. The minimum Gasteiger partial charge on any atom is -0.349 e. The first-order chi connectivity index (χ1) is 8.05. The number of hydrogen-bond donors (Lipinski definition) is 1. The summed E-state index contributed by atoms with van der Waals surface area (Å²) in [5, 5.41) is 3.00. The lowest BCUT2D eigenvalue weighted by Gasteiger charge is -2.38. The number of amides is 1. The number of carbonyl (C=O) groups is 1. The monoisotopic (exact) mass is 232 g/mol. The zero-order valence-corrected chi connectivity index (χ0v) is 10.6. The summed E-state index contributed by atoms with van der Waals surface area (Å²) in [5.74, 6) is 0.134. The Morgan fingerprint density at radius 3 is 2.65 bits per heavy atom. The van der Waals surface area contributed by atoms with Crippen molar-refractivity contribution in [3.63, 3.8) is 0 Å². The van der Waals surface area contributed by atoms with E-state index in [1.807, 2.05) is 6.07 Å². The number of benzene rings is 1. The quantitative estimate of drug-likeness (QED) is 0.855. The number of carbonyl (C=O) groups excluding carboxylic acids is 1. The Bertz CT molecular complexity index is 386. The van der Waals surface area contributed by atoms with Gasteiger partial charge in [0.05, 0.1) is 6.54 Å². The molecule has 2 rings (SSSR count). The van der Waals surface area contributed by atoms with E-state index in [9.17, 15) is 4.79 Å². The number of nitrogens with one attached hydrogen (secondary N) is 1. The normalized spacial score (nSPS) is 20.0. The van der Waals surface area contributed by atoms with E-state index in [0.29, 0.717) is 6.54 Å². The number of nitrogens with zero attached hydrogens (tertiary/aromatic N) is 1. The van der Waals surface area contributed by atoms with E-state index in [1.54, 1.807) is 0 Å². The summed E-state index contributed by atoms with van der Waals surface area (Å²) in [6.07, 6.45) is 1.00. The van der Waals surface area contributed by atoms with Crippen molar-refractivity contribution in [2.45, 2.75) is 25.8 Å². The Morgan fingerprint density at radius 2 is 2.00 bits per heavy atom. The van der Waals surface area contributed by atoms with E-state index in [1.165, 1.54) is 5.56 Å². The smallest absolute Gasteiger partial charge is 0.234 e. The van der Waals surface area contributed by atoms with Gasteiger partial charge in [0.2, 0.25) is 5.91 Å². The third kappa shape index (κ3) is 3.56. The molecule has 17 heavy (non-hydrogen) atoms. The largest absolute Gasteiger partial charge is 0.349 e. The summed E-state index contributed by atoms with van der Waals surface area (Å²) in [6.45, 7) is 6.53. The topological polar surface area (TPSA) is 32.3 Å². The van der Waals surface area contributed by atoms with Gasteiger partial charge in [-0.1, -0.05) is 30.3 Å². The SMILES string of the molecule is CC1(C)CN(CCc2ccccc2)CC(=O)N1. The van der Waals surface area contributed by atoms with Crippen LogP contribution in [-0.4, -0.2) is 36.0 Å². The highest BCUT2D eigenvalue weighted by Gasteiger charge is 2.29. The fourth-order valence-electron chi connectivity index (χ4n) is 2.36. The molecule has 1 aromatic rings. The van der Waals surface area contributed by atoms with Gasteiger partial charge in [-0.15, -0.1) is 0 Å². The standard InChI is InChI=1S/C14H20N2O/c1-14(2)11-16(10-13(17)15-14)9-8-12-6-4-3-5-7-12/h3-7H,8-11H2,1-2H3,(H,15,17). The Balaban J connectivity index is 1.89. The van der Waals surface area contributed by atoms with Gasteiger partial charge in [-0.05, 0) is 25.8 Å². The molecule has 1 fully saturated rings. The predicted molar refractivity (Wildman–Crippen MR) is 68.8 cm³/mol. The highest BCUT2D eigenvalue weighted by Crippen LogP contribution is 2.11. The van der Waals surface area contributed by atoms with Crippen molar-refractivity contribution < 1.29 is 4.79 Å². The van der Waals surface area contributed by atoms with Crippen LogP contribution in [0.5, 0.6) is 0 Å².